The first-order valence-electron chi connectivity index (χ1n) is 9.68. The number of halogens is 6. The largest absolute Gasteiger partial charge is 0.461 e. The van der Waals surface area contributed by atoms with Gasteiger partial charge in [0.05, 0.1) is 36.4 Å². The number of nitrogens with zero attached hydrogens (tertiary/aromatic N) is 3. The fourth-order valence-electron chi connectivity index (χ4n) is 3.39. The van der Waals surface area contributed by atoms with Gasteiger partial charge < -0.3 is 9.64 Å². The Kier molecular flexibility index (Phi) is 6.51. The number of benzene rings is 1. The molecule has 0 bridgehead atoms. The molecular formula is C20H19F6N3O3. The minimum atomic E-state index is -4.99. The molecule has 0 unspecified atom stereocenters. The summed E-state index contributed by atoms with van der Waals surface area (Å²) in [5.74, 6) is -1.26. The van der Waals surface area contributed by atoms with Gasteiger partial charge >= 0.3 is 18.3 Å². The first kappa shape index (κ1) is 23.6. The molecule has 0 radical (unpaired) electrons. The molecule has 1 aromatic heterocycles. The second-order valence-electron chi connectivity index (χ2n) is 7.22. The van der Waals surface area contributed by atoms with E-state index in [1.165, 1.54) is 15.6 Å². The highest BCUT2D eigenvalue weighted by molar-refractivity contribution is 5.87. The number of rotatable bonds is 4. The van der Waals surface area contributed by atoms with Crippen LogP contribution in [0.2, 0.25) is 0 Å². The first-order chi connectivity index (χ1) is 14.9. The molecule has 0 saturated heterocycles. The molecule has 12 heteroatoms. The zero-order chi connectivity index (χ0) is 23.7. The summed E-state index contributed by atoms with van der Waals surface area (Å²) < 4.78 is 84.8. The highest BCUT2D eigenvalue weighted by Gasteiger charge is 2.37. The van der Waals surface area contributed by atoms with E-state index in [2.05, 4.69) is 5.10 Å². The topological polar surface area (TPSA) is 64.4 Å². The molecule has 0 saturated carbocycles. The van der Waals surface area contributed by atoms with Gasteiger partial charge in [0.25, 0.3) is 0 Å². The molecule has 1 aliphatic heterocycles. The van der Waals surface area contributed by atoms with Crippen LogP contribution in [0.4, 0.5) is 26.3 Å². The van der Waals surface area contributed by atoms with Crippen molar-refractivity contribution in [3.05, 3.63) is 52.3 Å². The van der Waals surface area contributed by atoms with Crippen LogP contribution in [0.1, 0.15) is 46.2 Å². The molecule has 1 aromatic carbocycles. The van der Waals surface area contributed by atoms with Crippen molar-refractivity contribution >= 4 is 11.9 Å². The monoisotopic (exact) mass is 463 g/mol. The number of carbonyl (C=O) groups excluding carboxylic acids is 2. The van der Waals surface area contributed by atoms with Crippen LogP contribution in [-0.4, -0.2) is 39.7 Å². The third-order valence-electron chi connectivity index (χ3n) is 4.85. The van der Waals surface area contributed by atoms with Gasteiger partial charge in [-0.05, 0) is 43.2 Å². The summed E-state index contributed by atoms with van der Waals surface area (Å²) in [7, 11) is 0. The zero-order valence-electron chi connectivity index (χ0n) is 16.9. The summed E-state index contributed by atoms with van der Waals surface area (Å²) >= 11 is 0. The average molecular weight is 463 g/mol. The summed E-state index contributed by atoms with van der Waals surface area (Å²) in [6.45, 7) is 2.43. The third-order valence-corrected chi connectivity index (χ3v) is 4.85. The minimum Gasteiger partial charge on any atom is -0.461 e. The van der Waals surface area contributed by atoms with Crippen LogP contribution in [0.5, 0.6) is 0 Å². The Balaban J connectivity index is 1.82. The number of carbonyl (C=O) groups is 2. The van der Waals surface area contributed by atoms with E-state index in [4.69, 9.17) is 4.74 Å². The lowest BCUT2D eigenvalue weighted by molar-refractivity contribution is -0.143. The van der Waals surface area contributed by atoms with Crippen LogP contribution < -0.4 is 0 Å². The van der Waals surface area contributed by atoms with E-state index in [1.807, 2.05) is 0 Å². The van der Waals surface area contributed by atoms with Crippen LogP contribution >= 0.6 is 0 Å². The van der Waals surface area contributed by atoms with Crippen LogP contribution in [0.25, 0.3) is 0 Å². The summed E-state index contributed by atoms with van der Waals surface area (Å²) in [5, 5.41) is 4.14. The Labute approximate surface area is 178 Å². The third kappa shape index (κ3) is 5.40. The zero-order valence-corrected chi connectivity index (χ0v) is 16.9. The lowest BCUT2D eigenvalue weighted by Crippen LogP contribution is -2.32. The maximum Gasteiger partial charge on any atom is 0.416 e. The Hall–Kier alpha value is -3.05. The molecule has 2 heterocycles. The molecule has 0 atom stereocenters. The highest BCUT2D eigenvalue weighted by atomic mass is 19.4. The van der Waals surface area contributed by atoms with Crippen molar-refractivity contribution in [2.75, 3.05) is 13.2 Å². The Morgan fingerprint density at radius 2 is 1.62 bits per heavy atom. The number of aryl methyl sites for hydroxylation is 1. The van der Waals surface area contributed by atoms with Crippen molar-refractivity contribution in [2.45, 2.75) is 45.2 Å². The van der Waals surface area contributed by atoms with Crippen molar-refractivity contribution in [1.29, 1.82) is 0 Å². The van der Waals surface area contributed by atoms with Crippen molar-refractivity contribution in [2.24, 2.45) is 0 Å². The molecule has 0 spiro atoms. The molecule has 0 fully saturated rings. The maximum atomic E-state index is 13.1. The van der Waals surface area contributed by atoms with E-state index >= 15 is 0 Å². The van der Waals surface area contributed by atoms with Gasteiger partial charge in [0, 0.05) is 13.1 Å². The van der Waals surface area contributed by atoms with E-state index in [9.17, 15) is 35.9 Å². The molecule has 0 aliphatic carbocycles. The van der Waals surface area contributed by atoms with Crippen molar-refractivity contribution in [3.8, 4) is 0 Å². The number of amides is 1. The van der Waals surface area contributed by atoms with Crippen molar-refractivity contribution in [3.63, 3.8) is 0 Å². The molecule has 3 rings (SSSR count). The number of fused-ring (bicyclic) bond motifs is 1. The van der Waals surface area contributed by atoms with Crippen LogP contribution in [0.3, 0.4) is 0 Å². The van der Waals surface area contributed by atoms with Gasteiger partial charge in [-0.1, -0.05) is 0 Å². The summed E-state index contributed by atoms with van der Waals surface area (Å²) in [6.07, 6.45) is -10.2. The molecule has 1 amide bonds. The van der Waals surface area contributed by atoms with E-state index in [0.29, 0.717) is 30.8 Å². The average Bonchev–Trinajstić information content (AvgIpc) is 2.98. The van der Waals surface area contributed by atoms with E-state index in [0.717, 1.165) is 0 Å². The lowest BCUT2D eigenvalue weighted by Gasteiger charge is -2.21. The number of esters is 1. The van der Waals surface area contributed by atoms with Crippen molar-refractivity contribution < 1.29 is 40.7 Å². The first-order valence-corrected chi connectivity index (χ1v) is 9.68. The van der Waals surface area contributed by atoms with Crippen LogP contribution in [0, 0.1) is 0 Å². The van der Waals surface area contributed by atoms with Gasteiger partial charge in [-0.3, -0.25) is 9.48 Å². The van der Waals surface area contributed by atoms with Gasteiger partial charge in [0.15, 0.2) is 5.69 Å². The molecule has 0 N–H and O–H groups in total. The predicted octanol–water partition coefficient (Wildman–Crippen LogP) is 4.07. The molecular weight excluding hydrogens is 444 g/mol. The number of hydrogen-bond acceptors (Lipinski definition) is 4. The fourth-order valence-corrected chi connectivity index (χ4v) is 3.39. The van der Waals surface area contributed by atoms with Crippen LogP contribution in [-0.2, 0) is 41.4 Å². The SMILES string of the molecule is CCOC(=O)c1cc2n(n1)CCCN(C(=O)Cc1cc(C(F)(F)F)cc(C(F)(F)F)c1)C2. The lowest BCUT2D eigenvalue weighted by atomic mass is 10.0. The molecule has 32 heavy (non-hydrogen) atoms. The smallest absolute Gasteiger partial charge is 0.416 e. The normalized spacial score (nSPS) is 14.7. The van der Waals surface area contributed by atoms with E-state index < -0.39 is 41.8 Å². The highest BCUT2D eigenvalue weighted by Crippen LogP contribution is 2.36. The Morgan fingerprint density at radius 3 is 2.19 bits per heavy atom. The number of aromatic nitrogens is 2. The van der Waals surface area contributed by atoms with Gasteiger partial charge in [-0.25, -0.2) is 4.79 Å². The number of hydrogen-bond donors (Lipinski definition) is 0. The Morgan fingerprint density at radius 1 is 1.00 bits per heavy atom. The van der Waals surface area contributed by atoms with Crippen molar-refractivity contribution in [1.82, 2.24) is 14.7 Å². The van der Waals surface area contributed by atoms with Gasteiger partial charge in [-0.15, -0.1) is 0 Å². The van der Waals surface area contributed by atoms with Crippen LogP contribution in [0.15, 0.2) is 24.3 Å². The quantitative estimate of drug-likeness (QED) is 0.507. The van der Waals surface area contributed by atoms with Gasteiger partial charge in [-0.2, -0.15) is 31.4 Å². The van der Waals surface area contributed by atoms with Gasteiger partial charge in [0.2, 0.25) is 5.91 Å². The summed E-state index contributed by atoms with van der Waals surface area (Å²) in [4.78, 5) is 25.9. The van der Waals surface area contributed by atoms with E-state index in [1.54, 1.807) is 6.92 Å². The Bertz CT molecular complexity index is 981. The number of ether oxygens (including phenoxy) is 1. The maximum absolute atomic E-state index is 13.1. The summed E-state index contributed by atoms with van der Waals surface area (Å²) in [5.41, 5.74) is -2.75. The predicted molar refractivity (Wildman–Crippen MR) is 98.4 cm³/mol. The second kappa shape index (κ2) is 8.83. The number of alkyl halides is 6. The second-order valence-corrected chi connectivity index (χ2v) is 7.22. The molecule has 6 nitrogen and oxygen atoms in total. The molecule has 174 valence electrons. The van der Waals surface area contributed by atoms with Gasteiger partial charge in [0.1, 0.15) is 0 Å². The standard InChI is InChI=1S/C20H19F6N3O3/c1-2-32-18(31)16-10-15-11-28(4-3-5-29(15)27-16)17(30)8-12-6-13(19(21,22)23)9-14(7-12)20(24,25)26/h6-7,9-10H,2-5,8,11H2,1H3. The van der Waals surface area contributed by atoms with E-state index in [-0.39, 0.29) is 37.0 Å². The summed E-state index contributed by atoms with van der Waals surface area (Å²) in [6, 6.07) is 2.58. The fraction of sp³-hybridized carbons (Fsp3) is 0.450. The molecule has 2 aromatic rings. The molecule has 1 aliphatic rings. The minimum absolute atomic E-state index is 0.0102.